The molecule has 0 unspecified atom stereocenters. The van der Waals surface area contributed by atoms with Crippen LogP contribution in [0.4, 0.5) is 4.39 Å². The molecule has 2 amide bonds. The molecule has 1 fully saturated rings. The number of ether oxygens (including phenoxy) is 1. The van der Waals surface area contributed by atoms with Crippen molar-refractivity contribution in [3.8, 4) is 5.75 Å². The van der Waals surface area contributed by atoms with Crippen LogP contribution >= 0.6 is 11.6 Å². The Morgan fingerprint density at radius 2 is 2.13 bits per heavy atom. The number of benzene rings is 2. The van der Waals surface area contributed by atoms with Crippen molar-refractivity contribution < 1.29 is 18.7 Å². The quantitative estimate of drug-likeness (QED) is 0.796. The zero-order chi connectivity index (χ0) is 21.6. The summed E-state index contributed by atoms with van der Waals surface area (Å²) in [7, 11) is 1.46. The van der Waals surface area contributed by atoms with Crippen molar-refractivity contribution in [2.24, 2.45) is 0 Å². The Bertz CT molecular complexity index is 1040. The van der Waals surface area contributed by atoms with Gasteiger partial charge in [-0.3, -0.25) is 9.59 Å². The van der Waals surface area contributed by atoms with Gasteiger partial charge in [0.2, 0.25) is 0 Å². The molecule has 3 heterocycles. The van der Waals surface area contributed by atoms with Crippen LogP contribution in [-0.2, 0) is 6.42 Å². The van der Waals surface area contributed by atoms with Crippen LogP contribution in [0.2, 0.25) is 5.02 Å². The lowest BCUT2D eigenvalue weighted by atomic mass is 9.93. The molecular weight excluding hydrogens is 407 g/mol. The van der Waals surface area contributed by atoms with Crippen molar-refractivity contribution in [2.45, 2.75) is 45.3 Å². The molecule has 2 bridgehead atoms. The van der Waals surface area contributed by atoms with E-state index in [0.717, 1.165) is 24.0 Å². The summed E-state index contributed by atoms with van der Waals surface area (Å²) in [5.41, 5.74) is 2.77. The van der Waals surface area contributed by atoms with Gasteiger partial charge in [0.1, 0.15) is 11.9 Å². The number of piperidine rings is 1. The first-order valence-electron chi connectivity index (χ1n) is 10.1. The highest BCUT2D eigenvalue weighted by Gasteiger charge is 2.36. The van der Waals surface area contributed by atoms with Crippen molar-refractivity contribution in [3.05, 3.63) is 62.9 Å². The second-order valence-corrected chi connectivity index (χ2v) is 8.41. The van der Waals surface area contributed by atoms with Gasteiger partial charge in [-0.05, 0) is 55.2 Å². The van der Waals surface area contributed by atoms with E-state index in [9.17, 15) is 14.0 Å². The Kier molecular flexibility index (Phi) is 5.45. The van der Waals surface area contributed by atoms with Crippen molar-refractivity contribution in [1.29, 1.82) is 0 Å². The van der Waals surface area contributed by atoms with Crippen LogP contribution in [0, 0.1) is 12.7 Å². The van der Waals surface area contributed by atoms with Crippen molar-refractivity contribution in [2.75, 3.05) is 13.6 Å². The molecule has 5 nitrogen and oxygen atoms in total. The highest BCUT2D eigenvalue weighted by molar-refractivity contribution is 6.33. The average molecular weight is 431 g/mol. The summed E-state index contributed by atoms with van der Waals surface area (Å²) in [5, 5.41) is 2.85. The van der Waals surface area contributed by atoms with E-state index in [2.05, 4.69) is 5.32 Å². The average Bonchev–Trinajstić information content (AvgIpc) is 2.71. The SMILES string of the molecule is CNC(=O)c1ccc(Cc2cc3c(c(Cl)c2C)O[C@@H]2CCN(C3=O)[C@H](C)C2)cc1F. The van der Waals surface area contributed by atoms with E-state index in [-0.39, 0.29) is 23.6 Å². The number of carbonyl (C=O) groups is 2. The van der Waals surface area contributed by atoms with Crippen LogP contribution in [0.5, 0.6) is 5.75 Å². The smallest absolute Gasteiger partial charge is 0.257 e. The summed E-state index contributed by atoms with van der Waals surface area (Å²) in [6.07, 6.45) is 2.01. The second kappa shape index (κ2) is 7.91. The van der Waals surface area contributed by atoms with E-state index in [4.69, 9.17) is 16.3 Å². The van der Waals surface area contributed by atoms with Gasteiger partial charge in [0.25, 0.3) is 11.8 Å². The lowest BCUT2D eigenvalue weighted by Gasteiger charge is -2.41. The molecule has 3 aliphatic heterocycles. The molecule has 0 saturated carbocycles. The zero-order valence-corrected chi connectivity index (χ0v) is 18.0. The Balaban J connectivity index is 1.73. The molecular formula is C23H24ClFN2O3. The molecule has 2 atom stereocenters. The predicted molar refractivity (Wildman–Crippen MR) is 113 cm³/mol. The minimum Gasteiger partial charge on any atom is -0.488 e. The fourth-order valence-electron chi connectivity index (χ4n) is 4.30. The fourth-order valence-corrected chi connectivity index (χ4v) is 4.57. The second-order valence-electron chi connectivity index (χ2n) is 8.03. The third-order valence-corrected chi connectivity index (χ3v) is 6.53. The third kappa shape index (κ3) is 3.54. The van der Waals surface area contributed by atoms with Crippen molar-refractivity contribution in [3.63, 3.8) is 0 Å². The molecule has 7 heteroatoms. The molecule has 1 N–H and O–H groups in total. The van der Waals surface area contributed by atoms with Crippen LogP contribution in [0.15, 0.2) is 24.3 Å². The minimum absolute atomic E-state index is 0.00410. The van der Waals surface area contributed by atoms with Crippen LogP contribution in [0.25, 0.3) is 0 Å². The summed E-state index contributed by atoms with van der Waals surface area (Å²) in [6, 6.07) is 6.45. The van der Waals surface area contributed by atoms with E-state index in [1.807, 2.05) is 24.8 Å². The maximum atomic E-state index is 14.4. The van der Waals surface area contributed by atoms with E-state index in [0.29, 0.717) is 34.9 Å². The summed E-state index contributed by atoms with van der Waals surface area (Å²) in [6.45, 7) is 4.57. The van der Waals surface area contributed by atoms with E-state index < -0.39 is 11.7 Å². The fraction of sp³-hybridized carbons (Fsp3) is 0.391. The lowest BCUT2D eigenvalue weighted by Crippen LogP contribution is -2.49. The number of halogens is 2. The largest absolute Gasteiger partial charge is 0.488 e. The molecule has 3 aliphatic rings. The number of hydrogen-bond acceptors (Lipinski definition) is 3. The number of fused-ring (bicyclic) bond motifs is 2. The van der Waals surface area contributed by atoms with E-state index >= 15 is 0 Å². The molecule has 0 radical (unpaired) electrons. The summed E-state index contributed by atoms with van der Waals surface area (Å²) in [4.78, 5) is 26.8. The van der Waals surface area contributed by atoms with Crippen LogP contribution in [-0.4, -0.2) is 42.5 Å². The predicted octanol–water partition coefficient (Wildman–Crippen LogP) is 4.12. The highest BCUT2D eigenvalue weighted by atomic mass is 35.5. The number of rotatable bonds is 3. The van der Waals surface area contributed by atoms with Crippen molar-refractivity contribution >= 4 is 23.4 Å². The third-order valence-electron chi connectivity index (χ3n) is 6.08. The highest BCUT2D eigenvalue weighted by Crippen LogP contribution is 2.40. The van der Waals surface area contributed by atoms with Gasteiger partial charge in [0.15, 0.2) is 5.75 Å². The van der Waals surface area contributed by atoms with Crippen LogP contribution < -0.4 is 10.1 Å². The first kappa shape index (κ1) is 20.7. The minimum atomic E-state index is -0.585. The van der Waals surface area contributed by atoms with Crippen molar-refractivity contribution in [1.82, 2.24) is 10.2 Å². The number of amides is 2. The van der Waals surface area contributed by atoms with E-state index in [1.165, 1.54) is 19.2 Å². The zero-order valence-electron chi connectivity index (χ0n) is 17.2. The first-order valence-corrected chi connectivity index (χ1v) is 10.5. The molecule has 2 aromatic rings. The van der Waals surface area contributed by atoms with Gasteiger partial charge in [-0.15, -0.1) is 0 Å². The topological polar surface area (TPSA) is 58.6 Å². The molecule has 2 aromatic carbocycles. The van der Waals surface area contributed by atoms with Gasteiger partial charge in [-0.1, -0.05) is 17.7 Å². The Morgan fingerprint density at radius 3 is 2.80 bits per heavy atom. The molecule has 158 valence electrons. The monoisotopic (exact) mass is 430 g/mol. The molecule has 0 spiro atoms. The van der Waals surface area contributed by atoms with Gasteiger partial charge >= 0.3 is 0 Å². The van der Waals surface area contributed by atoms with E-state index in [1.54, 1.807) is 6.07 Å². The van der Waals surface area contributed by atoms with Gasteiger partial charge in [0, 0.05) is 32.5 Å². The molecule has 0 aromatic heterocycles. The summed E-state index contributed by atoms with van der Waals surface area (Å²) >= 11 is 6.64. The van der Waals surface area contributed by atoms with Gasteiger partial charge in [-0.25, -0.2) is 4.39 Å². The molecule has 0 aliphatic carbocycles. The molecule has 30 heavy (non-hydrogen) atoms. The number of carbonyl (C=O) groups excluding carboxylic acids is 2. The normalized spacial score (nSPS) is 20.3. The Labute approximate surface area is 180 Å². The first-order chi connectivity index (χ1) is 14.3. The molecule has 5 rings (SSSR count). The van der Waals surface area contributed by atoms with Crippen LogP contribution in [0.1, 0.15) is 57.2 Å². The van der Waals surface area contributed by atoms with Gasteiger partial charge in [-0.2, -0.15) is 0 Å². The standard InChI is InChI=1S/C23H24ClFN2O3/c1-12-8-16-6-7-27(12)23(29)18-11-15(13(2)20(24)21(18)30-16)9-14-4-5-17(19(25)10-14)22(28)26-3/h4-5,10-12,16H,6-9H2,1-3H3,(H,26,28)/t12-,16-/m1/s1. The number of nitrogens with one attached hydrogen (secondary N) is 1. The summed E-state index contributed by atoms with van der Waals surface area (Å²) < 4.78 is 20.6. The summed E-state index contributed by atoms with van der Waals surface area (Å²) in [5.74, 6) is -0.690. The number of hydrogen-bond donors (Lipinski definition) is 1. The van der Waals surface area contributed by atoms with Gasteiger partial charge < -0.3 is 15.0 Å². The molecule has 1 saturated heterocycles. The van der Waals surface area contributed by atoms with Crippen LogP contribution in [0.3, 0.4) is 0 Å². The van der Waals surface area contributed by atoms with Gasteiger partial charge in [0.05, 0.1) is 16.1 Å². The number of nitrogens with zero attached hydrogens (tertiary/aromatic N) is 1. The Hall–Kier alpha value is -2.60. The Morgan fingerprint density at radius 1 is 1.37 bits per heavy atom. The maximum Gasteiger partial charge on any atom is 0.257 e. The lowest BCUT2D eigenvalue weighted by molar-refractivity contribution is 0.0349. The maximum absolute atomic E-state index is 14.4.